The third-order valence-electron chi connectivity index (χ3n) is 4.01. The highest BCUT2D eigenvalue weighted by molar-refractivity contribution is 5.85. The largest absolute Gasteiger partial charge is 0.493 e. The number of nitrogens with zero attached hydrogens (tertiary/aromatic N) is 3. The Bertz CT molecular complexity index is 858. The molecule has 1 aromatic heterocycles. The van der Waals surface area contributed by atoms with E-state index in [1.54, 1.807) is 7.11 Å². The van der Waals surface area contributed by atoms with Gasteiger partial charge in [-0.1, -0.05) is 41.6 Å². The van der Waals surface area contributed by atoms with E-state index in [9.17, 15) is 0 Å². The summed E-state index contributed by atoms with van der Waals surface area (Å²) in [6.45, 7) is 2.02. The van der Waals surface area contributed by atoms with Crippen molar-refractivity contribution in [2.24, 2.45) is 5.73 Å². The second-order valence-corrected chi connectivity index (χ2v) is 6.24. The molecule has 7 nitrogen and oxygen atoms in total. The van der Waals surface area contributed by atoms with Crippen molar-refractivity contribution in [2.45, 2.75) is 26.2 Å². The number of hydrogen-bond donors (Lipinski definition) is 1. The Morgan fingerprint density at radius 1 is 1.04 bits per heavy atom. The van der Waals surface area contributed by atoms with Gasteiger partial charge in [0.25, 0.3) is 0 Å². The van der Waals surface area contributed by atoms with E-state index >= 15 is 0 Å². The van der Waals surface area contributed by atoms with Crippen LogP contribution >= 0.6 is 12.4 Å². The van der Waals surface area contributed by atoms with E-state index < -0.39 is 0 Å². The normalized spacial score (nSPS) is 10.6. The summed E-state index contributed by atoms with van der Waals surface area (Å²) in [6.07, 6.45) is 0. The van der Waals surface area contributed by atoms with Crippen LogP contribution in [0.2, 0.25) is 0 Å². The molecule has 0 saturated carbocycles. The van der Waals surface area contributed by atoms with Gasteiger partial charge in [-0.2, -0.15) is 4.98 Å². The van der Waals surface area contributed by atoms with Crippen LogP contribution in [0.1, 0.15) is 22.8 Å². The number of halogens is 1. The SMILES string of the molecule is COc1cc(CN(C)Cc2noc(CN)n2)ccc1OCc1ccccc1.Cl. The summed E-state index contributed by atoms with van der Waals surface area (Å²) < 4.78 is 16.4. The monoisotopic (exact) mass is 404 g/mol. The van der Waals surface area contributed by atoms with Gasteiger partial charge in [-0.15, -0.1) is 12.4 Å². The molecule has 0 unspecified atom stereocenters. The number of benzene rings is 2. The van der Waals surface area contributed by atoms with Gasteiger partial charge in [0.2, 0.25) is 5.89 Å². The number of aromatic nitrogens is 2. The Kier molecular flexibility index (Phi) is 8.25. The van der Waals surface area contributed by atoms with Crippen LogP contribution in [-0.2, 0) is 26.2 Å². The maximum absolute atomic E-state index is 5.90. The van der Waals surface area contributed by atoms with Crippen molar-refractivity contribution in [3.8, 4) is 11.5 Å². The van der Waals surface area contributed by atoms with E-state index in [-0.39, 0.29) is 19.0 Å². The molecule has 3 aromatic rings. The summed E-state index contributed by atoms with van der Waals surface area (Å²) in [5, 5.41) is 3.92. The van der Waals surface area contributed by atoms with E-state index in [1.807, 2.05) is 55.6 Å². The van der Waals surface area contributed by atoms with Crippen molar-refractivity contribution in [1.82, 2.24) is 15.0 Å². The molecule has 3 rings (SSSR count). The van der Waals surface area contributed by atoms with Gasteiger partial charge < -0.3 is 19.7 Å². The average molecular weight is 405 g/mol. The molecular formula is C20H25ClN4O3. The van der Waals surface area contributed by atoms with Crippen molar-refractivity contribution in [2.75, 3.05) is 14.2 Å². The van der Waals surface area contributed by atoms with Crippen molar-refractivity contribution < 1.29 is 14.0 Å². The highest BCUT2D eigenvalue weighted by atomic mass is 35.5. The van der Waals surface area contributed by atoms with Crippen LogP contribution in [0.15, 0.2) is 53.1 Å². The highest BCUT2D eigenvalue weighted by Crippen LogP contribution is 2.29. The molecule has 1 heterocycles. The van der Waals surface area contributed by atoms with Crippen LogP contribution in [0.5, 0.6) is 11.5 Å². The molecule has 0 aliphatic rings. The summed E-state index contributed by atoms with van der Waals surface area (Å²) >= 11 is 0. The Morgan fingerprint density at radius 3 is 2.50 bits per heavy atom. The van der Waals surface area contributed by atoms with E-state index in [4.69, 9.17) is 19.7 Å². The fourth-order valence-electron chi connectivity index (χ4n) is 2.71. The van der Waals surface area contributed by atoms with Crippen LogP contribution in [0.3, 0.4) is 0 Å². The molecule has 0 amide bonds. The lowest BCUT2D eigenvalue weighted by Crippen LogP contribution is -2.18. The van der Waals surface area contributed by atoms with E-state index in [2.05, 4.69) is 15.0 Å². The number of rotatable bonds is 9. The third kappa shape index (κ3) is 5.95. The molecule has 0 fully saturated rings. The molecule has 2 aromatic carbocycles. The zero-order valence-electron chi connectivity index (χ0n) is 16.0. The number of hydrogen-bond acceptors (Lipinski definition) is 7. The summed E-state index contributed by atoms with van der Waals surface area (Å²) in [4.78, 5) is 6.31. The minimum absolute atomic E-state index is 0. The van der Waals surface area contributed by atoms with Crippen molar-refractivity contribution >= 4 is 12.4 Å². The highest BCUT2D eigenvalue weighted by Gasteiger charge is 2.11. The topological polar surface area (TPSA) is 86.6 Å². The van der Waals surface area contributed by atoms with Crippen molar-refractivity contribution in [1.29, 1.82) is 0 Å². The van der Waals surface area contributed by atoms with Crippen LogP contribution < -0.4 is 15.2 Å². The maximum Gasteiger partial charge on any atom is 0.240 e. The first-order valence-electron chi connectivity index (χ1n) is 8.71. The smallest absolute Gasteiger partial charge is 0.240 e. The lowest BCUT2D eigenvalue weighted by molar-refractivity contribution is 0.281. The molecule has 2 N–H and O–H groups in total. The fourth-order valence-corrected chi connectivity index (χ4v) is 2.71. The van der Waals surface area contributed by atoms with Gasteiger partial charge in [0, 0.05) is 6.54 Å². The summed E-state index contributed by atoms with van der Waals surface area (Å²) in [5.41, 5.74) is 7.70. The second-order valence-electron chi connectivity index (χ2n) is 6.24. The van der Waals surface area contributed by atoms with Gasteiger partial charge in [0.15, 0.2) is 17.3 Å². The molecule has 0 saturated heterocycles. The van der Waals surface area contributed by atoms with Crippen LogP contribution in [-0.4, -0.2) is 29.2 Å². The standard InChI is InChI=1S/C20H24N4O3.ClH/c1-24(13-19-22-20(11-21)27-23-19)12-16-8-9-17(18(10-16)25-2)26-14-15-6-4-3-5-7-15;/h3-10H,11-14,21H2,1-2H3;1H. The molecule has 0 aliphatic carbocycles. The van der Waals surface area contributed by atoms with E-state index in [0.717, 1.165) is 16.9 Å². The van der Waals surface area contributed by atoms with Crippen LogP contribution in [0, 0.1) is 0 Å². The van der Waals surface area contributed by atoms with E-state index in [1.165, 1.54) is 0 Å². The lowest BCUT2D eigenvalue weighted by Gasteiger charge is -2.16. The summed E-state index contributed by atoms with van der Waals surface area (Å²) in [5.74, 6) is 2.49. The summed E-state index contributed by atoms with van der Waals surface area (Å²) in [7, 11) is 3.64. The quantitative estimate of drug-likeness (QED) is 0.586. The van der Waals surface area contributed by atoms with Gasteiger partial charge in [-0.3, -0.25) is 4.90 Å². The predicted molar refractivity (Wildman–Crippen MR) is 108 cm³/mol. The van der Waals surface area contributed by atoms with Gasteiger partial charge >= 0.3 is 0 Å². The van der Waals surface area contributed by atoms with Crippen LogP contribution in [0.25, 0.3) is 0 Å². The third-order valence-corrected chi connectivity index (χ3v) is 4.01. The van der Waals surface area contributed by atoms with Gasteiger partial charge in [-0.05, 0) is 30.3 Å². The maximum atomic E-state index is 5.90. The Hall–Kier alpha value is -2.61. The number of methoxy groups -OCH3 is 1. The first-order valence-corrected chi connectivity index (χ1v) is 8.71. The Labute approximate surface area is 170 Å². The van der Waals surface area contributed by atoms with Gasteiger partial charge in [0.05, 0.1) is 20.2 Å². The molecule has 0 bridgehead atoms. The molecule has 28 heavy (non-hydrogen) atoms. The zero-order chi connectivity index (χ0) is 19.1. The number of ether oxygens (including phenoxy) is 2. The summed E-state index contributed by atoms with van der Waals surface area (Å²) in [6, 6.07) is 16.0. The lowest BCUT2D eigenvalue weighted by atomic mass is 10.2. The first-order chi connectivity index (χ1) is 13.2. The predicted octanol–water partition coefficient (Wildman–Crippen LogP) is 3.17. The molecular weight excluding hydrogens is 380 g/mol. The van der Waals surface area contributed by atoms with E-state index in [0.29, 0.717) is 37.2 Å². The van der Waals surface area contributed by atoms with Gasteiger partial charge in [0.1, 0.15) is 6.61 Å². The van der Waals surface area contributed by atoms with Crippen LogP contribution in [0.4, 0.5) is 0 Å². The first kappa shape index (κ1) is 21.7. The van der Waals surface area contributed by atoms with Gasteiger partial charge in [-0.25, -0.2) is 0 Å². The molecule has 8 heteroatoms. The molecule has 0 atom stereocenters. The molecule has 150 valence electrons. The Balaban J connectivity index is 0.00000280. The second kappa shape index (κ2) is 10.7. The van der Waals surface area contributed by atoms with Crippen molar-refractivity contribution in [3.63, 3.8) is 0 Å². The average Bonchev–Trinajstić information content (AvgIpc) is 3.15. The minimum atomic E-state index is 0. The minimum Gasteiger partial charge on any atom is -0.493 e. The molecule has 0 radical (unpaired) electrons. The van der Waals surface area contributed by atoms with Crippen molar-refractivity contribution in [3.05, 3.63) is 71.4 Å². The fraction of sp³-hybridized carbons (Fsp3) is 0.300. The zero-order valence-corrected chi connectivity index (χ0v) is 16.8. The molecule has 0 spiro atoms. The molecule has 0 aliphatic heterocycles. The number of nitrogens with two attached hydrogens (primary N) is 1. The Morgan fingerprint density at radius 2 is 1.82 bits per heavy atom.